The number of benzene rings is 1. The normalized spacial score (nSPS) is 12.3. The molecule has 0 unspecified atom stereocenters. The minimum absolute atomic E-state index is 0.0707. The zero-order valence-corrected chi connectivity index (χ0v) is 11.3. The predicted octanol–water partition coefficient (Wildman–Crippen LogP) is -0.665. The first kappa shape index (κ1) is 15.6. The SMILES string of the molecule is C/C(N)=N/N=C(\N)c1ccc(CC(=O)NCCO)cc1. The summed E-state index contributed by atoms with van der Waals surface area (Å²) in [5, 5.41) is 18.6. The van der Waals surface area contributed by atoms with Gasteiger partial charge >= 0.3 is 0 Å². The highest BCUT2D eigenvalue weighted by Gasteiger charge is 2.04. The van der Waals surface area contributed by atoms with E-state index in [1.807, 2.05) is 0 Å². The van der Waals surface area contributed by atoms with Crippen LogP contribution in [-0.4, -0.2) is 35.8 Å². The van der Waals surface area contributed by atoms with E-state index in [4.69, 9.17) is 16.6 Å². The number of aliphatic hydroxyl groups is 1. The van der Waals surface area contributed by atoms with Gasteiger partial charge in [-0.1, -0.05) is 24.3 Å². The molecule has 1 aromatic rings. The van der Waals surface area contributed by atoms with E-state index in [1.165, 1.54) is 0 Å². The van der Waals surface area contributed by atoms with Gasteiger partial charge in [-0.25, -0.2) is 0 Å². The number of hydrogen-bond donors (Lipinski definition) is 4. The van der Waals surface area contributed by atoms with E-state index in [1.54, 1.807) is 31.2 Å². The first-order valence-electron chi connectivity index (χ1n) is 6.13. The van der Waals surface area contributed by atoms with E-state index in [0.717, 1.165) is 5.56 Å². The predicted molar refractivity (Wildman–Crippen MR) is 78.3 cm³/mol. The van der Waals surface area contributed by atoms with Gasteiger partial charge in [0.2, 0.25) is 5.91 Å². The van der Waals surface area contributed by atoms with Crippen LogP contribution in [0, 0.1) is 0 Å². The zero-order chi connectivity index (χ0) is 15.0. The van der Waals surface area contributed by atoms with Crippen LogP contribution in [0.25, 0.3) is 0 Å². The number of amidine groups is 2. The van der Waals surface area contributed by atoms with Crippen molar-refractivity contribution in [2.75, 3.05) is 13.2 Å². The summed E-state index contributed by atoms with van der Waals surface area (Å²) < 4.78 is 0. The third-order valence-corrected chi connectivity index (χ3v) is 2.36. The van der Waals surface area contributed by atoms with Gasteiger partial charge in [0.15, 0.2) is 5.84 Å². The summed E-state index contributed by atoms with van der Waals surface area (Å²) in [5.74, 6) is 0.438. The molecule has 7 heteroatoms. The molecular formula is C13H19N5O2. The van der Waals surface area contributed by atoms with Gasteiger partial charge in [-0.15, -0.1) is 10.2 Å². The molecule has 1 amide bonds. The summed E-state index contributed by atoms with van der Waals surface area (Å²) in [6, 6.07) is 7.09. The maximum Gasteiger partial charge on any atom is 0.224 e. The number of amides is 1. The van der Waals surface area contributed by atoms with Crippen molar-refractivity contribution >= 4 is 17.6 Å². The van der Waals surface area contributed by atoms with Crippen LogP contribution in [0.3, 0.4) is 0 Å². The Morgan fingerprint density at radius 3 is 2.45 bits per heavy atom. The Bertz CT molecular complexity index is 504. The third-order valence-electron chi connectivity index (χ3n) is 2.36. The molecule has 0 saturated heterocycles. The second-order valence-corrected chi connectivity index (χ2v) is 4.17. The Morgan fingerprint density at radius 1 is 1.25 bits per heavy atom. The van der Waals surface area contributed by atoms with Crippen molar-refractivity contribution in [3.63, 3.8) is 0 Å². The molecular weight excluding hydrogens is 258 g/mol. The molecule has 108 valence electrons. The molecule has 0 spiro atoms. The van der Waals surface area contributed by atoms with Crippen LogP contribution in [-0.2, 0) is 11.2 Å². The number of carbonyl (C=O) groups excluding carboxylic acids is 1. The lowest BCUT2D eigenvalue weighted by Gasteiger charge is -2.04. The fourth-order valence-corrected chi connectivity index (χ4v) is 1.43. The highest BCUT2D eigenvalue weighted by molar-refractivity contribution is 5.97. The molecule has 1 aromatic carbocycles. The third kappa shape index (κ3) is 5.49. The monoisotopic (exact) mass is 277 g/mol. The quantitative estimate of drug-likeness (QED) is 0.312. The molecule has 0 aliphatic carbocycles. The van der Waals surface area contributed by atoms with Crippen LogP contribution in [0.2, 0.25) is 0 Å². The van der Waals surface area contributed by atoms with E-state index >= 15 is 0 Å². The number of carbonyl (C=O) groups is 1. The summed E-state index contributed by atoms with van der Waals surface area (Å²) >= 11 is 0. The van der Waals surface area contributed by atoms with Gasteiger partial charge in [-0.2, -0.15) is 0 Å². The van der Waals surface area contributed by atoms with Gasteiger partial charge in [-0.05, 0) is 12.5 Å². The summed E-state index contributed by atoms with van der Waals surface area (Å²) in [5.41, 5.74) is 12.6. The smallest absolute Gasteiger partial charge is 0.224 e. The fraction of sp³-hybridized carbons (Fsp3) is 0.308. The van der Waals surface area contributed by atoms with Crippen LogP contribution in [0.4, 0.5) is 0 Å². The van der Waals surface area contributed by atoms with Gasteiger partial charge in [0.05, 0.1) is 13.0 Å². The van der Waals surface area contributed by atoms with E-state index in [2.05, 4.69) is 15.5 Å². The average molecular weight is 277 g/mol. The molecule has 0 aromatic heterocycles. The summed E-state index contributed by atoms with van der Waals surface area (Å²) in [6.07, 6.45) is 0.247. The molecule has 0 atom stereocenters. The number of nitrogens with two attached hydrogens (primary N) is 2. The Hall–Kier alpha value is -2.41. The van der Waals surface area contributed by atoms with Crippen LogP contribution < -0.4 is 16.8 Å². The second kappa shape index (κ2) is 7.90. The molecule has 0 aliphatic rings. The van der Waals surface area contributed by atoms with Crippen LogP contribution in [0.1, 0.15) is 18.1 Å². The van der Waals surface area contributed by atoms with Gasteiger partial charge in [0.1, 0.15) is 5.84 Å². The Kier molecular flexibility index (Phi) is 6.18. The minimum atomic E-state index is -0.142. The molecule has 0 fully saturated rings. The van der Waals surface area contributed by atoms with Crippen molar-refractivity contribution in [3.8, 4) is 0 Å². The van der Waals surface area contributed by atoms with Crippen molar-refractivity contribution < 1.29 is 9.90 Å². The number of rotatable bonds is 6. The summed E-state index contributed by atoms with van der Waals surface area (Å²) in [7, 11) is 0. The van der Waals surface area contributed by atoms with Crippen molar-refractivity contribution in [1.29, 1.82) is 0 Å². The molecule has 0 bridgehead atoms. The molecule has 0 radical (unpaired) electrons. The number of hydrogen-bond acceptors (Lipinski definition) is 4. The Labute approximate surface area is 117 Å². The molecule has 1 rings (SSSR count). The van der Waals surface area contributed by atoms with Crippen molar-refractivity contribution in [2.24, 2.45) is 21.7 Å². The largest absolute Gasteiger partial charge is 0.395 e. The molecule has 0 aliphatic heterocycles. The highest BCUT2D eigenvalue weighted by atomic mass is 16.3. The Balaban J connectivity index is 2.67. The Morgan fingerprint density at radius 2 is 1.90 bits per heavy atom. The van der Waals surface area contributed by atoms with Gasteiger partial charge < -0.3 is 21.9 Å². The fourth-order valence-electron chi connectivity index (χ4n) is 1.43. The highest BCUT2D eigenvalue weighted by Crippen LogP contribution is 2.05. The van der Waals surface area contributed by atoms with Crippen molar-refractivity contribution in [1.82, 2.24) is 5.32 Å². The summed E-state index contributed by atoms with van der Waals surface area (Å²) in [6.45, 7) is 1.80. The van der Waals surface area contributed by atoms with E-state index in [-0.39, 0.29) is 31.3 Å². The van der Waals surface area contributed by atoms with E-state index in [9.17, 15) is 4.79 Å². The lowest BCUT2D eigenvalue weighted by atomic mass is 10.1. The van der Waals surface area contributed by atoms with E-state index < -0.39 is 0 Å². The molecule has 0 heterocycles. The molecule has 0 saturated carbocycles. The molecule has 6 N–H and O–H groups in total. The molecule has 7 nitrogen and oxygen atoms in total. The van der Waals surface area contributed by atoms with Crippen LogP contribution in [0.15, 0.2) is 34.5 Å². The second-order valence-electron chi connectivity index (χ2n) is 4.17. The lowest BCUT2D eigenvalue weighted by molar-refractivity contribution is -0.120. The minimum Gasteiger partial charge on any atom is -0.395 e. The average Bonchev–Trinajstić information content (AvgIpc) is 2.43. The maximum atomic E-state index is 11.5. The number of nitrogens with one attached hydrogen (secondary N) is 1. The number of nitrogens with zero attached hydrogens (tertiary/aromatic N) is 2. The summed E-state index contributed by atoms with van der Waals surface area (Å²) in [4.78, 5) is 11.5. The first-order valence-corrected chi connectivity index (χ1v) is 6.13. The van der Waals surface area contributed by atoms with E-state index in [0.29, 0.717) is 11.4 Å². The molecule has 20 heavy (non-hydrogen) atoms. The lowest BCUT2D eigenvalue weighted by Crippen LogP contribution is -2.27. The van der Waals surface area contributed by atoms with Gasteiger partial charge in [0.25, 0.3) is 0 Å². The number of aliphatic hydroxyl groups excluding tert-OH is 1. The zero-order valence-electron chi connectivity index (χ0n) is 11.3. The maximum absolute atomic E-state index is 11.5. The van der Waals surface area contributed by atoms with Gasteiger partial charge in [0, 0.05) is 12.1 Å². The van der Waals surface area contributed by atoms with Crippen molar-refractivity contribution in [2.45, 2.75) is 13.3 Å². The van der Waals surface area contributed by atoms with Gasteiger partial charge in [-0.3, -0.25) is 4.79 Å². The topological polar surface area (TPSA) is 126 Å². The standard InChI is InChI=1S/C13H19N5O2/c1-9(14)17-18-13(15)11-4-2-10(3-5-11)8-12(20)16-6-7-19/h2-5,19H,6-8H2,1H3,(H2,14,17)(H2,15,18)(H,16,20). The first-order chi connectivity index (χ1) is 9.52. The van der Waals surface area contributed by atoms with Crippen LogP contribution >= 0.6 is 0 Å². The van der Waals surface area contributed by atoms with Crippen LogP contribution in [0.5, 0.6) is 0 Å². The van der Waals surface area contributed by atoms with Crippen molar-refractivity contribution in [3.05, 3.63) is 35.4 Å².